The zero-order chi connectivity index (χ0) is 13.3. The van der Waals surface area contributed by atoms with Crippen molar-refractivity contribution >= 4 is 11.8 Å². The van der Waals surface area contributed by atoms with Gasteiger partial charge in [0, 0.05) is 25.4 Å². The van der Waals surface area contributed by atoms with E-state index in [0.717, 1.165) is 6.42 Å². The maximum atomic E-state index is 11.4. The van der Waals surface area contributed by atoms with Crippen molar-refractivity contribution in [3.63, 3.8) is 0 Å². The molecular formula is C12H25N3O2. The molecular weight excluding hydrogens is 218 g/mol. The molecule has 0 fully saturated rings. The number of nitrogens with one attached hydrogen (secondary N) is 2. The first-order valence-electron chi connectivity index (χ1n) is 6.21. The van der Waals surface area contributed by atoms with Gasteiger partial charge >= 0.3 is 0 Å². The fraction of sp³-hybridized carbons (Fsp3) is 0.833. The molecule has 0 aliphatic heterocycles. The van der Waals surface area contributed by atoms with Gasteiger partial charge in [-0.3, -0.25) is 9.59 Å². The summed E-state index contributed by atoms with van der Waals surface area (Å²) in [7, 11) is 0. The molecule has 17 heavy (non-hydrogen) atoms. The van der Waals surface area contributed by atoms with Crippen molar-refractivity contribution in [2.75, 3.05) is 19.6 Å². The van der Waals surface area contributed by atoms with Crippen molar-refractivity contribution in [3.05, 3.63) is 0 Å². The van der Waals surface area contributed by atoms with Crippen molar-refractivity contribution in [3.8, 4) is 0 Å². The summed E-state index contributed by atoms with van der Waals surface area (Å²) in [5.74, 6) is 0.387. The van der Waals surface area contributed by atoms with Gasteiger partial charge in [0.2, 0.25) is 11.8 Å². The van der Waals surface area contributed by atoms with Crippen LogP contribution in [0.25, 0.3) is 0 Å². The monoisotopic (exact) mass is 243 g/mol. The molecule has 1 atom stereocenters. The second-order valence-corrected chi connectivity index (χ2v) is 4.68. The zero-order valence-corrected chi connectivity index (χ0v) is 11.1. The minimum Gasteiger partial charge on any atom is -0.354 e. The summed E-state index contributed by atoms with van der Waals surface area (Å²) in [5, 5.41) is 5.50. The number of carbonyl (C=O) groups is 2. The SMILES string of the molecule is CC(CN)CCC(=O)NCCNC(=O)C(C)C. The van der Waals surface area contributed by atoms with Crippen LogP contribution in [0.2, 0.25) is 0 Å². The maximum absolute atomic E-state index is 11.4. The Labute approximate surface area is 104 Å². The predicted octanol–water partition coefficient (Wildman–Crippen LogP) is 0.250. The summed E-state index contributed by atoms with van der Waals surface area (Å²) in [6.07, 6.45) is 1.30. The number of hydrogen-bond donors (Lipinski definition) is 3. The van der Waals surface area contributed by atoms with Gasteiger partial charge in [0.25, 0.3) is 0 Å². The van der Waals surface area contributed by atoms with Crippen LogP contribution in [0.15, 0.2) is 0 Å². The maximum Gasteiger partial charge on any atom is 0.222 e. The number of amides is 2. The highest BCUT2D eigenvalue weighted by atomic mass is 16.2. The molecule has 0 saturated heterocycles. The van der Waals surface area contributed by atoms with Crippen molar-refractivity contribution < 1.29 is 9.59 Å². The summed E-state index contributed by atoms with van der Waals surface area (Å²) in [4.78, 5) is 22.6. The van der Waals surface area contributed by atoms with E-state index in [0.29, 0.717) is 32.0 Å². The molecule has 0 radical (unpaired) electrons. The lowest BCUT2D eigenvalue weighted by molar-refractivity contribution is -0.124. The van der Waals surface area contributed by atoms with Gasteiger partial charge in [-0.05, 0) is 18.9 Å². The Bertz CT molecular complexity index is 242. The number of nitrogens with two attached hydrogens (primary N) is 1. The molecule has 2 amide bonds. The van der Waals surface area contributed by atoms with Gasteiger partial charge in [-0.1, -0.05) is 20.8 Å². The molecule has 5 nitrogen and oxygen atoms in total. The van der Waals surface area contributed by atoms with E-state index in [1.165, 1.54) is 0 Å². The first kappa shape index (κ1) is 15.9. The first-order chi connectivity index (χ1) is 7.97. The molecule has 0 aromatic carbocycles. The largest absolute Gasteiger partial charge is 0.354 e. The second kappa shape index (κ2) is 8.98. The van der Waals surface area contributed by atoms with Crippen molar-refractivity contribution in [2.24, 2.45) is 17.6 Å². The van der Waals surface area contributed by atoms with Crippen LogP contribution in [-0.2, 0) is 9.59 Å². The van der Waals surface area contributed by atoms with Gasteiger partial charge in [-0.15, -0.1) is 0 Å². The van der Waals surface area contributed by atoms with Crippen LogP contribution in [0.5, 0.6) is 0 Å². The third-order valence-corrected chi connectivity index (χ3v) is 2.54. The third kappa shape index (κ3) is 8.68. The summed E-state index contributed by atoms with van der Waals surface area (Å²) < 4.78 is 0. The molecule has 1 unspecified atom stereocenters. The Morgan fingerprint density at radius 2 is 1.71 bits per heavy atom. The van der Waals surface area contributed by atoms with Crippen LogP contribution in [0.4, 0.5) is 0 Å². The van der Waals surface area contributed by atoms with E-state index in [9.17, 15) is 9.59 Å². The molecule has 0 aromatic rings. The fourth-order valence-electron chi connectivity index (χ4n) is 1.18. The van der Waals surface area contributed by atoms with E-state index in [4.69, 9.17) is 5.73 Å². The summed E-state index contributed by atoms with van der Waals surface area (Å²) in [6.45, 7) is 7.27. The van der Waals surface area contributed by atoms with E-state index in [-0.39, 0.29) is 17.7 Å². The van der Waals surface area contributed by atoms with E-state index in [2.05, 4.69) is 10.6 Å². The van der Waals surface area contributed by atoms with Crippen molar-refractivity contribution in [1.82, 2.24) is 10.6 Å². The smallest absolute Gasteiger partial charge is 0.222 e. The Morgan fingerprint density at radius 3 is 2.24 bits per heavy atom. The molecule has 0 rings (SSSR count). The summed E-state index contributed by atoms with van der Waals surface area (Å²) in [5.41, 5.74) is 5.46. The highest BCUT2D eigenvalue weighted by molar-refractivity contribution is 5.78. The predicted molar refractivity (Wildman–Crippen MR) is 68.3 cm³/mol. The molecule has 0 aliphatic rings. The molecule has 0 spiro atoms. The van der Waals surface area contributed by atoms with Gasteiger partial charge < -0.3 is 16.4 Å². The molecule has 0 aromatic heterocycles. The summed E-state index contributed by atoms with van der Waals surface area (Å²) in [6, 6.07) is 0. The minimum atomic E-state index is -0.0175. The topological polar surface area (TPSA) is 84.2 Å². The average molecular weight is 243 g/mol. The average Bonchev–Trinajstić information content (AvgIpc) is 2.30. The molecule has 0 heterocycles. The van der Waals surface area contributed by atoms with Crippen molar-refractivity contribution in [2.45, 2.75) is 33.6 Å². The molecule has 0 saturated carbocycles. The van der Waals surface area contributed by atoms with Gasteiger partial charge in [-0.25, -0.2) is 0 Å². The normalized spacial score (nSPS) is 12.3. The van der Waals surface area contributed by atoms with Crippen LogP contribution in [0.3, 0.4) is 0 Å². The fourth-order valence-corrected chi connectivity index (χ4v) is 1.18. The van der Waals surface area contributed by atoms with E-state index >= 15 is 0 Å². The third-order valence-electron chi connectivity index (χ3n) is 2.54. The van der Waals surface area contributed by atoms with Gasteiger partial charge in [0.1, 0.15) is 0 Å². The molecule has 0 aliphatic carbocycles. The number of rotatable bonds is 8. The van der Waals surface area contributed by atoms with Gasteiger partial charge in [-0.2, -0.15) is 0 Å². The quantitative estimate of drug-likeness (QED) is 0.534. The second-order valence-electron chi connectivity index (χ2n) is 4.68. The Hall–Kier alpha value is -1.10. The lowest BCUT2D eigenvalue weighted by Crippen LogP contribution is -2.36. The number of hydrogen-bond acceptors (Lipinski definition) is 3. The lowest BCUT2D eigenvalue weighted by atomic mass is 10.1. The Kier molecular flexibility index (Phi) is 8.40. The summed E-state index contributed by atoms with van der Waals surface area (Å²) >= 11 is 0. The van der Waals surface area contributed by atoms with Crippen LogP contribution in [0.1, 0.15) is 33.6 Å². The number of carbonyl (C=O) groups excluding carboxylic acids is 2. The van der Waals surface area contributed by atoms with E-state index in [1.54, 1.807) is 0 Å². The van der Waals surface area contributed by atoms with Gasteiger partial charge in [0.15, 0.2) is 0 Å². The minimum absolute atomic E-state index is 0.0102. The highest BCUT2D eigenvalue weighted by Gasteiger charge is 2.07. The standard InChI is InChI=1S/C12H25N3O2/c1-9(2)12(17)15-7-6-14-11(16)5-4-10(3)8-13/h9-10H,4-8,13H2,1-3H3,(H,14,16)(H,15,17). The first-order valence-corrected chi connectivity index (χ1v) is 6.21. The highest BCUT2D eigenvalue weighted by Crippen LogP contribution is 2.02. The molecule has 4 N–H and O–H groups in total. The molecule has 5 heteroatoms. The van der Waals surface area contributed by atoms with Crippen LogP contribution in [-0.4, -0.2) is 31.4 Å². The van der Waals surface area contributed by atoms with E-state index < -0.39 is 0 Å². The zero-order valence-electron chi connectivity index (χ0n) is 11.1. The van der Waals surface area contributed by atoms with Crippen LogP contribution >= 0.6 is 0 Å². The Morgan fingerprint density at radius 1 is 1.12 bits per heavy atom. The van der Waals surface area contributed by atoms with Gasteiger partial charge in [0.05, 0.1) is 0 Å². The van der Waals surface area contributed by atoms with Crippen molar-refractivity contribution in [1.29, 1.82) is 0 Å². The molecule has 100 valence electrons. The van der Waals surface area contributed by atoms with Crippen LogP contribution < -0.4 is 16.4 Å². The molecule has 0 bridgehead atoms. The Balaban J connectivity index is 3.49. The lowest BCUT2D eigenvalue weighted by Gasteiger charge is -2.10. The van der Waals surface area contributed by atoms with E-state index in [1.807, 2.05) is 20.8 Å². The van der Waals surface area contributed by atoms with Crippen LogP contribution in [0, 0.1) is 11.8 Å².